The average molecular weight is 498 g/mol. The van der Waals surface area contributed by atoms with E-state index in [9.17, 15) is 4.79 Å². The van der Waals surface area contributed by atoms with Crippen LogP contribution in [0.25, 0.3) is 22.6 Å². The summed E-state index contributed by atoms with van der Waals surface area (Å²) in [6.45, 7) is 0.990. The number of oxazole rings is 1. The number of hydrogen-bond donors (Lipinski definition) is 1. The summed E-state index contributed by atoms with van der Waals surface area (Å²) in [5.41, 5.74) is 3.38. The molecule has 7 heteroatoms. The fourth-order valence-electron chi connectivity index (χ4n) is 3.11. The summed E-state index contributed by atoms with van der Waals surface area (Å²) in [7, 11) is 0. The Balaban J connectivity index is 1.39. The summed E-state index contributed by atoms with van der Waals surface area (Å²) in [5.74, 6) is 1.55. The molecule has 0 spiro atoms. The number of benzene rings is 3. The molecule has 0 radical (unpaired) electrons. The van der Waals surface area contributed by atoms with Gasteiger partial charge in [0.2, 0.25) is 5.89 Å². The van der Waals surface area contributed by atoms with Crippen LogP contribution < -0.4 is 14.8 Å². The summed E-state index contributed by atoms with van der Waals surface area (Å²) in [6.07, 6.45) is 0. The fraction of sp³-hybridized carbons (Fsp3) is 0.0909. The van der Waals surface area contributed by atoms with Gasteiger partial charge in [0, 0.05) is 20.4 Å². The van der Waals surface area contributed by atoms with Gasteiger partial charge < -0.3 is 19.2 Å². The quantitative estimate of drug-likeness (QED) is 0.397. The molecule has 1 aromatic heterocycles. The van der Waals surface area contributed by atoms with Crippen LogP contribution >= 0.6 is 22.6 Å². The van der Waals surface area contributed by atoms with Crippen LogP contribution in [0.1, 0.15) is 10.4 Å². The molecular formula is C22H15IN2O4. The number of fused-ring (bicyclic) bond motifs is 2. The van der Waals surface area contributed by atoms with Gasteiger partial charge in [-0.3, -0.25) is 4.79 Å². The molecular weight excluding hydrogens is 483 g/mol. The molecule has 1 aliphatic rings. The van der Waals surface area contributed by atoms with Gasteiger partial charge >= 0.3 is 0 Å². The molecule has 0 unspecified atom stereocenters. The number of aromatic nitrogens is 1. The van der Waals surface area contributed by atoms with E-state index in [0.29, 0.717) is 53.0 Å². The van der Waals surface area contributed by atoms with Crippen molar-refractivity contribution in [1.82, 2.24) is 4.98 Å². The topological polar surface area (TPSA) is 73.6 Å². The first kappa shape index (κ1) is 18.0. The Morgan fingerprint density at radius 1 is 0.931 bits per heavy atom. The molecule has 6 nitrogen and oxygen atoms in total. The number of hydrogen-bond acceptors (Lipinski definition) is 5. The molecule has 1 N–H and O–H groups in total. The van der Waals surface area contributed by atoms with Crippen LogP contribution in [-0.4, -0.2) is 24.1 Å². The molecule has 2 heterocycles. The minimum atomic E-state index is -0.234. The largest absolute Gasteiger partial charge is 0.486 e. The lowest BCUT2D eigenvalue weighted by molar-refractivity contribution is 0.102. The monoisotopic (exact) mass is 498 g/mol. The molecule has 4 aromatic rings. The van der Waals surface area contributed by atoms with Crippen LogP contribution in [0.4, 0.5) is 5.69 Å². The number of carbonyl (C=O) groups excluding carboxylic acids is 1. The van der Waals surface area contributed by atoms with Crippen molar-refractivity contribution >= 4 is 45.3 Å². The maximum atomic E-state index is 12.6. The maximum absolute atomic E-state index is 12.6. The van der Waals surface area contributed by atoms with Gasteiger partial charge in [0.05, 0.1) is 0 Å². The van der Waals surface area contributed by atoms with Crippen molar-refractivity contribution in [2.45, 2.75) is 0 Å². The second kappa shape index (κ2) is 7.40. The van der Waals surface area contributed by atoms with Crippen LogP contribution in [0.3, 0.4) is 0 Å². The van der Waals surface area contributed by atoms with Crippen molar-refractivity contribution < 1.29 is 18.7 Å². The summed E-state index contributed by atoms with van der Waals surface area (Å²) < 4.78 is 18.0. The minimum Gasteiger partial charge on any atom is -0.486 e. The maximum Gasteiger partial charge on any atom is 0.255 e. The number of anilines is 1. The molecule has 0 fully saturated rings. The molecule has 0 aliphatic carbocycles. The zero-order chi connectivity index (χ0) is 19.8. The third-order valence-electron chi connectivity index (χ3n) is 4.54. The number of nitrogens with zero attached hydrogens (tertiary/aromatic N) is 1. The summed E-state index contributed by atoms with van der Waals surface area (Å²) in [4.78, 5) is 17.2. The molecule has 1 amide bonds. The number of halogens is 1. The van der Waals surface area contributed by atoms with Gasteiger partial charge in [-0.25, -0.2) is 4.98 Å². The third kappa shape index (κ3) is 3.65. The SMILES string of the molecule is O=C(Nc1ccc2oc(-c3ccc(I)cc3)nc2c1)c1ccc2c(c1)OCCO2. The zero-order valence-electron chi connectivity index (χ0n) is 15.1. The highest BCUT2D eigenvalue weighted by atomic mass is 127. The Hall–Kier alpha value is -3.07. The summed E-state index contributed by atoms with van der Waals surface area (Å²) in [6, 6.07) is 18.5. The first-order valence-corrected chi connectivity index (χ1v) is 10.1. The highest BCUT2D eigenvalue weighted by Gasteiger charge is 2.16. The molecule has 0 saturated heterocycles. The number of carbonyl (C=O) groups is 1. The Labute approximate surface area is 180 Å². The van der Waals surface area contributed by atoms with Gasteiger partial charge in [0.1, 0.15) is 18.7 Å². The predicted octanol–water partition coefficient (Wildman–Crippen LogP) is 5.12. The first-order valence-electron chi connectivity index (χ1n) is 9.03. The Kier molecular flexibility index (Phi) is 4.59. The van der Waals surface area contributed by atoms with Crippen molar-refractivity contribution in [1.29, 1.82) is 0 Å². The molecule has 0 atom stereocenters. The van der Waals surface area contributed by atoms with Gasteiger partial charge in [-0.05, 0) is 83.3 Å². The van der Waals surface area contributed by atoms with E-state index in [1.54, 1.807) is 36.4 Å². The van der Waals surface area contributed by atoms with Crippen LogP contribution in [0.2, 0.25) is 0 Å². The van der Waals surface area contributed by atoms with Gasteiger partial charge in [0.15, 0.2) is 17.1 Å². The van der Waals surface area contributed by atoms with E-state index >= 15 is 0 Å². The van der Waals surface area contributed by atoms with Crippen molar-refractivity contribution in [2.24, 2.45) is 0 Å². The van der Waals surface area contributed by atoms with Crippen molar-refractivity contribution in [3.8, 4) is 23.0 Å². The van der Waals surface area contributed by atoms with Gasteiger partial charge in [-0.2, -0.15) is 0 Å². The van der Waals surface area contributed by atoms with E-state index in [2.05, 4.69) is 32.9 Å². The summed E-state index contributed by atoms with van der Waals surface area (Å²) >= 11 is 2.26. The normalized spacial score (nSPS) is 12.7. The second-order valence-corrected chi connectivity index (χ2v) is 7.77. The standard InChI is InChI=1S/C22H15IN2O4/c23-15-4-1-13(2-5-15)22-25-17-12-16(6-8-18(17)29-22)24-21(26)14-3-7-19-20(11-14)28-10-9-27-19/h1-8,11-12H,9-10H2,(H,24,26). The molecule has 5 rings (SSSR count). The zero-order valence-corrected chi connectivity index (χ0v) is 17.3. The predicted molar refractivity (Wildman–Crippen MR) is 118 cm³/mol. The molecule has 0 bridgehead atoms. The lowest BCUT2D eigenvalue weighted by Gasteiger charge is -2.18. The van der Waals surface area contributed by atoms with Gasteiger partial charge in [-0.15, -0.1) is 0 Å². The number of amides is 1. The molecule has 0 saturated carbocycles. The number of ether oxygens (including phenoxy) is 2. The highest BCUT2D eigenvalue weighted by molar-refractivity contribution is 14.1. The van der Waals surface area contributed by atoms with Crippen LogP contribution in [0.5, 0.6) is 11.5 Å². The van der Waals surface area contributed by atoms with Crippen molar-refractivity contribution in [3.63, 3.8) is 0 Å². The second-order valence-electron chi connectivity index (χ2n) is 6.52. The van der Waals surface area contributed by atoms with E-state index < -0.39 is 0 Å². The summed E-state index contributed by atoms with van der Waals surface area (Å²) in [5, 5.41) is 2.90. The molecule has 1 aliphatic heterocycles. The van der Waals surface area contributed by atoms with Gasteiger partial charge in [-0.1, -0.05) is 0 Å². The Morgan fingerprint density at radius 3 is 2.55 bits per heavy atom. The number of nitrogens with one attached hydrogen (secondary N) is 1. The van der Waals surface area contributed by atoms with Crippen LogP contribution in [0, 0.1) is 3.57 Å². The molecule has 144 valence electrons. The van der Waals surface area contributed by atoms with Crippen molar-refractivity contribution in [2.75, 3.05) is 18.5 Å². The first-order chi connectivity index (χ1) is 14.2. The van der Waals surface area contributed by atoms with Gasteiger partial charge in [0.25, 0.3) is 5.91 Å². The Morgan fingerprint density at radius 2 is 1.72 bits per heavy atom. The number of rotatable bonds is 3. The van der Waals surface area contributed by atoms with E-state index in [0.717, 1.165) is 9.13 Å². The average Bonchev–Trinajstić information content (AvgIpc) is 3.17. The molecule has 3 aromatic carbocycles. The van der Waals surface area contributed by atoms with Crippen molar-refractivity contribution in [3.05, 3.63) is 69.8 Å². The fourth-order valence-corrected chi connectivity index (χ4v) is 3.47. The smallest absolute Gasteiger partial charge is 0.255 e. The highest BCUT2D eigenvalue weighted by Crippen LogP contribution is 2.31. The molecule has 29 heavy (non-hydrogen) atoms. The lowest BCUT2D eigenvalue weighted by Crippen LogP contribution is -2.17. The minimum absolute atomic E-state index is 0.234. The van der Waals surface area contributed by atoms with E-state index in [1.165, 1.54) is 0 Å². The third-order valence-corrected chi connectivity index (χ3v) is 5.26. The Bertz CT molecular complexity index is 1220. The van der Waals surface area contributed by atoms with E-state index in [1.807, 2.05) is 24.3 Å². The lowest BCUT2D eigenvalue weighted by atomic mass is 10.1. The van der Waals surface area contributed by atoms with Crippen LogP contribution in [-0.2, 0) is 0 Å². The van der Waals surface area contributed by atoms with Crippen LogP contribution in [0.15, 0.2) is 65.1 Å². The van der Waals surface area contributed by atoms with E-state index in [-0.39, 0.29) is 5.91 Å². The van der Waals surface area contributed by atoms with E-state index in [4.69, 9.17) is 13.9 Å².